The molecule has 0 N–H and O–H groups in total. The first-order chi connectivity index (χ1) is 14.9. The number of furan rings is 1. The molecule has 0 atom stereocenters. The van der Waals surface area contributed by atoms with E-state index in [1.807, 2.05) is 17.4 Å². The summed E-state index contributed by atoms with van der Waals surface area (Å²) in [7, 11) is 0. The van der Waals surface area contributed by atoms with Crippen molar-refractivity contribution in [3.8, 4) is 33.1 Å². The number of hydrogen-bond donors (Lipinski definition) is 0. The van der Waals surface area contributed by atoms with Gasteiger partial charge in [0.05, 0.1) is 0 Å². The lowest BCUT2D eigenvalue weighted by molar-refractivity contribution is 0.603. The van der Waals surface area contributed by atoms with Gasteiger partial charge in [0.2, 0.25) is 0 Å². The van der Waals surface area contributed by atoms with Gasteiger partial charge >= 0.3 is 0 Å². The van der Waals surface area contributed by atoms with Crippen molar-refractivity contribution in [3.05, 3.63) is 109 Å². The van der Waals surface area contributed by atoms with Crippen molar-refractivity contribution in [2.24, 2.45) is 0 Å². The zero-order valence-corrected chi connectivity index (χ0v) is 17.0. The summed E-state index contributed by atoms with van der Waals surface area (Å²) in [6, 6.07) is 38.1. The van der Waals surface area contributed by atoms with Crippen LogP contribution < -0.4 is 0 Å². The van der Waals surface area contributed by atoms with E-state index in [-0.39, 0.29) is 0 Å². The second-order valence-corrected chi connectivity index (χ2v) is 8.39. The van der Waals surface area contributed by atoms with Crippen LogP contribution in [0.3, 0.4) is 0 Å². The Morgan fingerprint density at radius 1 is 0.467 bits per heavy atom. The molecular weight excluding hydrogens is 384 g/mol. The molecule has 0 aliphatic rings. The Morgan fingerprint density at radius 3 is 1.70 bits per heavy atom. The van der Waals surface area contributed by atoms with E-state index >= 15 is 0 Å². The molecule has 30 heavy (non-hydrogen) atoms. The predicted octanol–water partition coefficient (Wildman–Crippen LogP) is 8.65. The molecule has 0 bridgehead atoms. The smallest absolute Gasteiger partial charge is 0.144 e. The lowest BCUT2D eigenvalue weighted by atomic mass is 10.0. The molecule has 0 aliphatic heterocycles. The Bertz CT molecular complexity index is 1470. The van der Waals surface area contributed by atoms with Gasteiger partial charge < -0.3 is 4.42 Å². The Hall–Kier alpha value is -3.62. The fourth-order valence-corrected chi connectivity index (χ4v) is 5.35. The summed E-state index contributed by atoms with van der Waals surface area (Å²) >= 11 is 1.83. The minimum absolute atomic E-state index is 0.926. The van der Waals surface area contributed by atoms with E-state index < -0.39 is 0 Å². The van der Waals surface area contributed by atoms with Gasteiger partial charge in [-0.3, -0.25) is 0 Å². The maximum atomic E-state index is 6.67. The molecule has 1 nitrogen and oxygen atoms in total. The molecule has 0 saturated carbocycles. The Kier molecular flexibility index (Phi) is 4.03. The highest BCUT2D eigenvalue weighted by Gasteiger charge is 2.22. The largest absolute Gasteiger partial charge is 0.455 e. The van der Waals surface area contributed by atoms with Gasteiger partial charge in [-0.2, -0.15) is 0 Å². The Labute approximate surface area is 178 Å². The molecule has 0 spiro atoms. The van der Waals surface area contributed by atoms with Crippen LogP contribution in [0.4, 0.5) is 0 Å². The van der Waals surface area contributed by atoms with E-state index in [1.165, 1.54) is 26.1 Å². The monoisotopic (exact) mass is 402 g/mol. The molecule has 0 radical (unpaired) electrons. The normalized spacial score (nSPS) is 11.3. The van der Waals surface area contributed by atoms with Gasteiger partial charge in [-0.15, -0.1) is 11.3 Å². The highest BCUT2D eigenvalue weighted by atomic mass is 32.1. The number of rotatable bonds is 3. The van der Waals surface area contributed by atoms with Gasteiger partial charge in [0.25, 0.3) is 0 Å². The van der Waals surface area contributed by atoms with Gasteiger partial charge in [0, 0.05) is 36.9 Å². The third kappa shape index (κ3) is 2.69. The maximum absolute atomic E-state index is 6.67. The second-order valence-electron chi connectivity index (χ2n) is 7.34. The minimum Gasteiger partial charge on any atom is -0.455 e. The third-order valence-corrected chi connectivity index (χ3v) is 6.73. The zero-order valence-electron chi connectivity index (χ0n) is 16.2. The Balaban J connectivity index is 1.72. The van der Waals surface area contributed by atoms with Gasteiger partial charge in [0.1, 0.15) is 11.5 Å². The van der Waals surface area contributed by atoms with E-state index in [0.717, 1.165) is 27.9 Å². The summed E-state index contributed by atoms with van der Waals surface area (Å²) in [6.45, 7) is 0. The van der Waals surface area contributed by atoms with Gasteiger partial charge in [0.15, 0.2) is 0 Å². The quantitative estimate of drug-likeness (QED) is 0.289. The van der Waals surface area contributed by atoms with Crippen molar-refractivity contribution in [2.75, 3.05) is 0 Å². The number of thiophene rings is 1. The molecule has 0 saturated heterocycles. The molecule has 0 unspecified atom stereocenters. The topological polar surface area (TPSA) is 13.1 Å². The van der Waals surface area contributed by atoms with Gasteiger partial charge in [-0.1, -0.05) is 103 Å². The van der Waals surface area contributed by atoms with Crippen LogP contribution in [0.15, 0.2) is 114 Å². The Morgan fingerprint density at radius 2 is 1.00 bits per heavy atom. The van der Waals surface area contributed by atoms with Crippen molar-refractivity contribution in [1.82, 2.24) is 0 Å². The lowest BCUT2D eigenvalue weighted by Crippen LogP contribution is -1.79. The fourth-order valence-electron chi connectivity index (χ4n) is 4.14. The van der Waals surface area contributed by atoms with E-state index in [9.17, 15) is 0 Å². The van der Waals surface area contributed by atoms with Crippen molar-refractivity contribution in [3.63, 3.8) is 0 Å². The second kappa shape index (κ2) is 7.01. The molecule has 2 heteroatoms. The molecular formula is C28H18OS. The van der Waals surface area contributed by atoms with Crippen molar-refractivity contribution in [2.45, 2.75) is 0 Å². The van der Waals surface area contributed by atoms with Crippen LogP contribution in [-0.2, 0) is 0 Å². The molecule has 2 heterocycles. The molecule has 0 fully saturated rings. The predicted molar refractivity (Wildman–Crippen MR) is 128 cm³/mol. The van der Waals surface area contributed by atoms with Gasteiger partial charge in [-0.25, -0.2) is 0 Å². The first-order valence-electron chi connectivity index (χ1n) is 10.0. The first-order valence-corrected chi connectivity index (χ1v) is 10.9. The molecule has 6 aromatic rings. The molecule has 4 aromatic carbocycles. The molecule has 6 rings (SSSR count). The van der Waals surface area contributed by atoms with Crippen LogP contribution >= 0.6 is 11.3 Å². The summed E-state index contributed by atoms with van der Waals surface area (Å²) in [6.07, 6.45) is 0. The summed E-state index contributed by atoms with van der Waals surface area (Å²) in [5, 5.41) is 3.53. The maximum Gasteiger partial charge on any atom is 0.144 e. The van der Waals surface area contributed by atoms with Crippen LogP contribution in [0.25, 0.3) is 53.9 Å². The fraction of sp³-hybridized carbons (Fsp3) is 0. The number of benzene rings is 4. The van der Waals surface area contributed by atoms with Crippen LogP contribution in [-0.4, -0.2) is 0 Å². The SMILES string of the molecule is c1ccc(-c2sc3ccccc3c2-c2oc(-c3ccccc3)c3ccccc23)cc1. The van der Waals surface area contributed by atoms with Crippen LogP contribution in [0, 0.1) is 0 Å². The summed E-state index contributed by atoms with van der Waals surface area (Å²) in [4.78, 5) is 1.25. The zero-order chi connectivity index (χ0) is 19.9. The molecule has 0 amide bonds. The summed E-state index contributed by atoms with van der Waals surface area (Å²) in [5.74, 6) is 1.87. The van der Waals surface area contributed by atoms with Crippen molar-refractivity contribution in [1.29, 1.82) is 0 Å². The van der Waals surface area contributed by atoms with Gasteiger partial charge in [-0.05, 0) is 11.6 Å². The van der Waals surface area contributed by atoms with Crippen molar-refractivity contribution >= 4 is 32.2 Å². The number of hydrogen-bond acceptors (Lipinski definition) is 2. The van der Waals surface area contributed by atoms with E-state index in [2.05, 4.69) is 103 Å². The number of fused-ring (bicyclic) bond motifs is 2. The minimum atomic E-state index is 0.926. The molecule has 2 aromatic heterocycles. The van der Waals surface area contributed by atoms with Crippen LogP contribution in [0.5, 0.6) is 0 Å². The van der Waals surface area contributed by atoms with E-state index in [1.54, 1.807) is 0 Å². The summed E-state index contributed by atoms with van der Waals surface area (Å²) < 4.78 is 7.94. The molecule has 0 aliphatic carbocycles. The third-order valence-electron chi connectivity index (χ3n) is 5.51. The summed E-state index contributed by atoms with van der Waals surface area (Å²) in [5.41, 5.74) is 3.50. The highest BCUT2D eigenvalue weighted by Crippen LogP contribution is 2.49. The average Bonchev–Trinajstić information content (AvgIpc) is 3.39. The van der Waals surface area contributed by atoms with Crippen molar-refractivity contribution < 1.29 is 4.42 Å². The lowest BCUT2D eigenvalue weighted by Gasteiger charge is -2.04. The highest BCUT2D eigenvalue weighted by molar-refractivity contribution is 7.23. The van der Waals surface area contributed by atoms with Crippen LogP contribution in [0.2, 0.25) is 0 Å². The average molecular weight is 403 g/mol. The first kappa shape index (κ1) is 17.3. The van der Waals surface area contributed by atoms with E-state index in [0.29, 0.717) is 0 Å². The standard InChI is InChI=1S/C28H18OS/c1-3-11-19(12-4-1)26-21-15-7-8-16-22(21)27(29-26)25-23-17-9-10-18-24(23)30-28(25)20-13-5-2-6-14-20/h1-18H. The molecule has 142 valence electrons. The van der Waals surface area contributed by atoms with E-state index in [4.69, 9.17) is 4.42 Å². The van der Waals surface area contributed by atoms with Crippen LogP contribution in [0.1, 0.15) is 0 Å².